The van der Waals surface area contributed by atoms with Crippen molar-refractivity contribution in [2.75, 3.05) is 24.3 Å². The highest BCUT2D eigenvalue weighted by Gasteiger charge is 2.23. The Morgan fingerprint density at radius 1 is 1.27 bits per heavy atom. The molecule has 2 aliphatic rings. The van der Waals surface area contributed by atoms with E-state index in [9.17, 15) is 14.0 Å². The zero-order chi connectivity index (χ0) is 18.7. The second-order valence-electron chi connectivity index (χ2n) is 6.99. The lowest BCUT2D eigenvalue weighted by atomic mass is 9.94. The number of carbonyl (C=O) groups is 2. The average molecular weight is 360 g/mol. The fourth-order valence-electron chi connectivity index (χ4n) is 3.57. The van der Waals surface area contributed by atoms with Gasteiger partial charge < -0.3 is 10.2 Å². The third-order valence-electron chi connectivity index (χ3n) is 5.18. The van der Waals surface area contributed by atoms with Crippen LogP contribution in [-0.4, -0.2) is 42.7 Å². The summed E-state index contributed by atoms with van der Waals surface area (Å²) >= 11 is 0. The fraction of sp³-hybridized carbons (Fsp3) is 0.526. The predicted octanol–water partition coefficient (Wildman–Crippen LogP) is 3.14. The molecule has 26 heavy (non-hydrogen) atoms. The van der Waals surface area contributed by atoms with E-state index in [1.807, 2.05) is 11.9 Å². The van der Waals surface area contributed by atoms with Crippen LogP contribution in [0.5, 0.6) is 0 Å². The lowest BCUT2D eigenvalue weighted by molar-refractivity contribution is -0.130. The molecular formula is C19H25FN4O2. The molecule has 2 amide bonds. The number of hydrogen-bond donors (Lipinski definition) is 1. The SMILES string of the molecule is CN1N=C(C(=O)Nc2ccc(N(C)C3CCCCC3)c(F)c2)CCC1=O. The van der Waals surface area contributed by atoms with Crippen LogP contribution in [0, 0.1) is 5.82 Å². The van der Waals surface area contributed by atoms with E-state index < -0.39 is 5.91 Å². The molecule has 7 heteroatoms. The Kier molecular flexibility index (Phi) is 5.54. The van der Waals surface area contributed by atoms with Crippen molar-refractivity contribution < 1.29 is 14.0 Å². The van der Waals surface area contributed by atoms with Gasteiger partial charge in [0, 0.05) is 38.7 Å². The molecule has 0 atom stereocenters. The van der Waals surface area contributed by atoms with Crippen molar-refractivity contribution in [2.45, 2.75) is 51.0 Å². The summed E-state index contributed by atoms with van der Waals surface area (Å²) in [6.07, 6.45) is 6.33. The van der Waals surface area contributed by atoms with E-state index in [-0.39, 0.29) is 23.9 Å². The van der Waals surface area contributed by atoms with Crippen molar-refractivity contribution >= 4 is 28.9 Å². The molecule has 1 aromatic rings. The number of nitrogens with zero attached hydrogens (tertiary/aromatic N) is 3. The summed E-state index contributed by atoms with van der Waals surface area (Å²) in [6.45, 7) is 0. The maximum absolute atomic E-state index is 14.6. The number of halogens is 1. The van der Waals surface area contributed by atoms with Gasteiger partial charge in [-0.3, -0.25) is 9.59 Å². The van der Waals surface area contributed by atoms with E-state index in [0.29, 0.717) is 23.8 Å². The van der Waals surface area contributed by atoms with Crippen molar-refractivity contribution in [3.05, 3.63) is 24.0 Å². The number of rotatable bonds is 4. The summed E-state index contributed by atoms with van der Waals surface area (Å²) in [6, 6.07) is 5.11. The Labute approximate surface area is 153 Å². The molecular weight excluding hydrogens is 335 g/mol. The highest BCUT2D eigenvalue weighted by Crippen LogP contribution is 2.29. The highest BCUT2D eigenvalue weighted by molar-refractivity contribution is 6.43. The average Bonchev–Trinajstić information content (AvgIpc) is 2.64. The van der Waals surface area contributed by atoms with Gasteiger partial charge in [0.2, 0.25) is 5.91 Å². The molecule has 1 aliphatic heterocycles. The number of benzene rings is 1. The molecule has 0 saturated heterocycles. The van der Waals surface area contributed by atoms with Crippen molar-refractivity contribution in [2.24, 2.45) is 5.10 Å². The minimum absolute atomic E-state index is 0.123. The van der Waals surface area contributed by atoms with Crippen molar-refractivity contribution in [3.8, 4) is 0 Å². The Balaban J connectivity index is 1.68. The summed E-state index contributed by atoms with van der Waals surface area (Å²) in [5.74, 6) is -0.881. The van der Waals surface area contributed by atoms with Crippen LogP contribution in [0.1, 0.15) is 44.9 Å². The molecule has 0 unspecified atom stereocenters. The third kappa shape index (κ3) is 4.03. The molecule has 1 aromatic carbocycles. The topological polar surface area (TPSA) is 65.0 Å². The Morgan fingerprint density at radius 3 is 2.65 bits per heavy atom. The van der Waals surface area contributed by atoms with Gasteiger partial charge in [0.25, 0.3) is 5.91 Å². The van der Waals surface area contributed by atoms with Crippen molar-refractivity contribution in [3.63, 3.8) is 0 Å². The number of hydrazone groups is 1. The first kappa shape index (κ1) is 18.4. The molecule has 1 saturated carbocycles. The molecule has 1 heterocycles. The number of carbonyl (C=O) groups excluding carboxylic acids is 2. The van der Waals surface area contributed by atoms with Crippen LogP contribution in [0.2, 0.25) is 0 Å². The molecule has 0 radical (unpaired) electrons. The predicted molar refractivity (Wildman–Crippen MR) is 99.7 cm³/mol. The Hall–Kier alpha value is -2.44. The molecule has 1 aliphatic carbocycles. The number of hydrogen-bond acceptors (Lipinski definition) is 4. The van der Waals surface area contributed by atoms with E-state index in [4.69, 9.17) is 0 Å². The van der Waals surface area contributed by atoms with Gasteiger partial charge in [-0.2, -0.15) is 5.10 Å². The lowest BCUT2D eigenvalue weighted by Crippen LogP contribution is -2.34. The number of amides is 2. The van der Waals surface area contributed by atoms with Crippen LogP contribution >= 0.6 is 0 Å². The van der Waals surface area contributed by atoms with E-state index in [2.05, 4.69) is 10.4 Å². The Morgan fingerprint density at radius 2 is 2.00 bits per heavy atom. The van der Waals surface area contributed by atoms with Gasteiger partial charge >= 0.3 is 0 Å². The first-order valence-corrected chi connectivity index (χ1v) is 9.13. The molecule has 140 valence electrons. The minimum Gasteiger partial charge on any atom is -0.369 e. The van der Waals surface area contributed by atoms with Gasteiger partial charge in [-0.15, -0.1) is 0 Å². The molecule has 1 N–H and O–H groups in total. The minimum atomic E-state index is -0.405. The maximum atomic E-state index is 14.6. The van der Waals surface area contributed by atoms with E-state index in [0.717, 1.165) is 12.8 Å². The summed E-state index contributed by atoms with van der Waals surface area (Å²) in [4.78, 5) is 25.7. The number of nitrogens with one attached hydrogen (secondary N) is 1. The summed E-state index contributed by atoms with van der Waals surface area (Å²) in [5, 5.41) is 7.81. The van der Waals surface area contributed by atoms with Crippen LogP contribution in [0.25, 0.3) is 0 Å². The van der Waals surface area contributed by atoms with E-state index >= 15 is 0 Å². The highest BCUT2D eigenvalue weighted by atomic mass is 19.1. The molecule has 6 nitrogen and oxygen atoms in total. The maximum Gasteiger partial charge on any atom is 0.271 e. The fourth-order valence-corrected chi connectivity index (χ4v) is 3.57. The quantitative estimate of drug-likeness (QED) is 0.897. The van der Waals surface area contributed by atoms with Gasteiger partial charge in [0.05, 0.1) is 5.69 Å². The second-order valence-corrected chi connectivity index (χ2v) is 6.99. The van der Waals surface area contributed by atoms with Crippen LogP contribution in [-0.2, 0) is 9.59 Å². The van der Waals surface area contributed by atoms with Crippen LogP contribution in [0.15, 0.2) is 23.3 Å². The van der Waals surface area contributed by atoms with Crippen LogP contribution < -0.4 is 10.2 Å². The monoisotopic (exact) mass is 360 g/mol. The first-order chi connectivity index (χ1) is 12.5. The van der Waals surface area contributed by atoms with Gasteiger partial charge in [-0.05, 0) is 31.0 Å². The summed E-state index contributed by atoms with van der Waals surface area (Å²) < 4.78 is 14.6. The van der Waals surface area contributed by atoms with Gasteiger partial charge in [0.1, 0.15) is 11.5 Å². The normalized spacial score (nSPS) is 18.5. The molecule has 0 bridgehead atoms. The lowest BCUT2D eigenvalue weighted by Gasteiger charge is -2.33. The molecule has 0 spiro atoms. The number of anilines is 2. The Bertz CT molecular complexity index is 728. The van der Waals surface area contributed by atoms with Crippen molar-refractivity contribution in [1.29, 1.82) is 0 Å². The zero-order valence-electron chi connectivity index (χ0n) is 15.3. The van der Waals surface area contributed by atoms with E-state index in [1.165, 1.54) is 37.4 Å². The summed E-state index contributed by atoms with van der Waals surface area (Å²) in [5.41, 5.74) is 1.21. The third-order valence-corrected chi connectivity index (χ3v) is 5.18. The second kappa shape index (κ2) is 7.85. The summed E-state index contributed by atoms with van der Waals surface area (Å²) in [7, 11) is 3.45. The van der Waals surface area contributed by atoms with Crippen LogP contribution in [0.4, 0.5) is 15.8 Å². The first-order valence-electron chi connectivity index (χ1n) is 9.13. The largest absolute Gasteiger partial charge is 0.369 e. The molecule has 0 aromatic heterocycles. The van der Waals surface area contributed by atoms with Crippen molar-refractivity contribution in [1.82, 2.24) is 5.01 Å². The van der Waals surface area contributed by atoms with Gasteiger partial charge in [-0.25, -0.2) is 9.40 Å². The molecule has 3 rings (SSSR count). The molecule has 1 fully saturated rings. The van der Waals surface area contributed by atoms with Crippen LogP contribution in [0.3, 0.4) is 0 Å². The zero-order valence-corrected chi connectivity index (χ0v) is 15.3. The smallest absolute Gasteiger partial charge is 0.271 e. The standard InChI is InChI=1S/C19H25FN4O2/c1-23(14-6-4-3-5-7-14)17-10-8-13(12-15(17)20)21-19(26)16-9-11-18(25)24(2)22-16/h8,10,12,14H,3-7,9,11H2,1-2H3,(H,21,26). The van der Waals surface area contributed by atoms with Gasteiger partial charge in [-0.1, -0.05) is 19.3 Å². The van der Waals surface area contributed by atoms with E-state index in [1.54, 1.807) is 12.1 Å². The van der Waals surface area contributed by atoms with Gasteiger partial charge in [0.15, 0.2) is 0 Å².